The average molecular weight is 277 g/mol. The van der Waals surface area contributed by atoms with Crippen LogP contribution in [-0.4, -0.2) is 61.5 Å². The minimum Gasteiger partial charge on any atom is -0.383 e. The van der Waals surface area contributed by atoms with Gasteiger partial charge in [0.25, 0.3) is 0 Å². The lowest BCUT2D eigenvalue weighted by Gasteiger charge is -2.19. The van der Waals surface area contributed by atoms with E-state index >= 15 is 0 Å². The summed E-state index contributed by atoms with van der Waals surface area (Å²) < 4.78 is 1.74. The minimum atomic E-state index is 0.474. The summed E-state index contributed by atoms with van der Waals surface area (Å²) in [7, 11) is 4.01. The highest BCUT2D eigenvalue weighted by atomic mass is 15.4. The molecule has 20 heavy (non-hydrogen) atoms. The Kier molecular flexibility index (Phi) is 4.82. The first-order valence-corrected chi connectivity index (χ1v) is 7.00. The first kappa shape index (κ1) is 14.6. The third kappa shape index (κ3) is 3.21. The predicted octanol–water partition coefficient (Wildman–Crippen LogP) is -0.302. The number of aromatic nitrogens is 2. The fourth-order valence-electron chi connectivity index (χ4n) is 2.31. The molecule has 3 N–H and O–H groups in total. The Labute approximate surface area is 119 Å². The molecular formula is C13H23N7. The molecule has 1 aromatic heterocycles. The highest BCUT2D eigenvalue weighted by Gasteiger charge is 2.21. The van der Waals surface area contributed by atoms with Gasteiger partial charge in [-0.2, -0.15) is 10.4 Å². The third-order valence-corrected chi connectivity index (χ3v) is 3.48. The van der Waals surface area contributed by atoms with Crippen LogP contribution in [-0.2, 0) is 6.54 Å². The Morgan fingerprint density at radius 3 is 2.90 bits per heavy atom. The smallest absolute Gasteiger partial charge is 0.170 e. The second-order valence-electron chi connectivity index (χ2n) is 5.31. The van der Waals surface area contributed by atoms with Gasteiger partial charge in [-0.25, -0.2) is 4.68 Å². The molecule has 0 bridgehead atoms. The van der Waals surface area contributed by atoms with Crippen LogP contribution in [0.25, 0.3) is 0 Å². The average Bonchev–Trinajstić information content (AvgIpc) is 2.61. The Morgan fingerprint density at radius 2 is 2.20 bits per heavy atom. The van der Waals surface area contributed by atoms with E-state index in [9.17, 15) is 5.26 Å². The molecule has 2 rings (SSSR count). The van der Waals surface area contributed by atoms with Crippen LogP contribution in [0.4, 0.5) is 11.6 Å². The third-order valence-electron chi connectivity index (χ3n) is 3.48. The Bertz CT molecular complexity index is 478. The van der Waals surface area contributed by atoms with E-state index in [1.807, 2.05) is 14.1 Å². The van der Waals surface area contributed by atoms with Crippen LogP contribution in [0.2, 0.25) is 0 Å². The molecule has 0 spiro atoms. The van der Waals surface area contributed by atoms with Gasteiger partial charge in [-0.05, 0) is 27.1 Å². The first-order valence-electron chi connectivity index (χ1n) is 7.00. The van der Waals surface area contributed by atoms with E-state index in [-0.39, 0.29) is 0 Å². The van der Waals surface area contributed by atoms with Crippen LogP contribution in [0.3, 0.4) is 0 Å². The van der Waals surface area contributed by atoms with Crippen LogP contribution in [0, 0.1) is 11.3 Å². The van der Waals surface area contributed by atoms with Gasteiger partial charge in [-0.3, -0.25) is 0 Å². The van der Waals surface area contributed by atoms with Crippen molar-refractivity contribution in [3.8, 4) is 6.07 Å². The van der Waals surface area contributed by atoms with Crippen LogP contribution in [0.5, 0.6) is 0 Å². The molecule has 1 aliphatic rings. The number of nitrogens with zero attached hydrogens (tertiary/aromatic N) is 5. The lowest BCUT2D eigenvalue weighted by molar-refractivity contribution is 0.375. The van der Waals surface area contributed by atoms with Crippen LogP contribution < -0.4 is 16.0 Å². The van der Waals surface area contributed by atoms with Crippen molar-refractivity contribution in [2.75, 3.05) is 57.5 Å². The molecule has 0 aromatic carbocycles. The molecule has 0 amide bonds. The molecule has 7 heteroatoms. The summed E-state index contributed by atoms with van der Waals surface area (Å²) in [6, 6.07) is 2.21. The second kappa shape index (κ2) is 6.59. The number of nitrogens with one attached hydrogen (secondary N) is 1. The van der Waals surface area contributed by atoms with Crippen molar-refractivity contribution in [2.24, 2.45) is 0 Å². The molecule has 0 saturated carbocycles. The summed E-state index contributed by atoms with van der Waals surface area (Å²) in [5.41, 5.74) is 6.57. The second-order valence-corrected chi connectivity index (χ2v) is 5.31. The van der Waals surface area contributed by atoms with Gasteiger partial charge in [0.1, 0.15) is 17.5 Å². The van der Waals surface area contributed by atoms with E-state index in [1.165, 1.54) is 0 Å². The normalized spacial score (nSPS) is 16.2. The van der Waals surface area contributed by atoms with Gasteiger partial charge in [-0.15, -0.1) is 0 Å². The topological polar surface area (TPSA) is 86.1 Å². The van der Waals surface area contributed by atoms with Crippen LogP contribution in [0.1, 0.15) is 12.0 Å². The summed E-state index contributed by atoms with van der Waals surface area (Å²) in [5, 5.41) is 17.3. The zero-order chi connectivity index (χ0) is 14.5. The summed E-state index contributed by atoms with van der Waals surface area (Å²) in [5.74, 6) is 1.20. The largest absolute Gasteiger partial charge is 0.383 e. The van der Waals surface area contributed by atoms with Crippen molar-refractivity contribution >= 4 is 11.6 Å². The van der Waals surface area contributed by atoms with Crippen molar-refractivity contribution in [2.45, 2.75) is 13.0 Å². The molecule has 2 heterocycles. The van der Waals surface area contributed by atoms with Gasteiger partial charge in [0.15, 0.2) is 5.82 Å². The van der Waals surface area contributed by atoms with E-state index in [0.717, 1.165) is 45.0 Å². The maximum absolute atomic E-state index is 9.35. The fraction of sp³-hybridized carbons (Fsp3) is 0.692. The number of nitriles is 1. The SMILES string of the molecule is CN(C)CCn1nc(N2CCCNCC2)c(C#N)c1N. The monoisotopic (exact) mass is 277 g/mol. The van der Waals surface area contributed by atoms with Gasteiger partial charge in [-0.1, -0.05) is 0 Å². The van der Waals surface area contributed by atoms with Crippen molar-refractivity contribution in [3.05, 3.63) is 5.56 Å². The van der Waals surface area contributed by atoms with Crippen LogP contribution >= 0.6 is 0 Å². The summed E-state index contributed by atoms with van der Waals surface area (Å²) >= 11 is 0. The summed E-state index contributed by atoms with van der Waals surface area (Å²) in [6.45, 7) is 5.23. The number of rotatable bonds is 4. The van der Waals surface area contributed by atoms with Gasteiger partial charge in [0.2, 0.25) is 0 Å². The van der Waals surface area contributed by atoms with E-state index in [2.05, 4.69) is 26.3 Å². The van der Waals surface area contributed by atoms with Gasteiger partial charge in [0.05, 0.1) is 6.54 Å². The Balaban J connectivity index is 2.23. The number of anilines is 2. The molecule has 0 unspecified atom stereocenters. The summed E-state index contributed by atoms with van der Waals surface area (Å²) in [4.78, 5) is 4.23. The lowest BCUT2D eigenvalue weighted by atomic mass is 10.3. The summed E-state index contributed by atoms with van der Waals surface area (Å²) in [6.07, 6.45) is 1.05. The fourth-order valence-corrected chi connectivity index (χ4v) is 2.31. The maximum Gasteiger partial charge on any atom is 0.170 e. The first-order chi connectivity index (χ1) is 9.63. The number of hydrogen-bond donors (Lipinski definition) is 2. The number of nitrogen functional groups attached to an aromatic ring is 1. The maximum atomic E-state index is 9.35. The van der Waals surface area contributed by atoms with Gasteiger partial charge >= 0.3 is 0 Å². The van der Waals surface area contributed by atoms with Gasteiger partial charge in [0, 0.05) is 26.2 Å². The predicted molar refractivity (Wildman–Crippen MR) is 79.6 cm³/mol. The molecular weight excluding hydrogens is 254 g/mol. The molecule has 0 atom stereocenters. The Hall–Kier alpha value is -1.78. The highest BCUT2D eigenvalue weighted by Crippen LogP contribution is 2.24. The van der Waals surface area contributed by atoms with Crippen molar-refractivity contribution in [1.29, 1.82) is 5.26 Å². The molecule has 110 valence electrons. The van der Waals surface area contributed by atoms with E-state index in [4.69, 9.17) is 5.73 Å². The lowest BCUT2D eigenvalue weighted by Crippen LogP contribution is -2.29. The van der Waals surface area contributed by atoms with Crippen molar-refractivity contribution in [3.63, 3.8) is 0 Å². The van der Waals surface area contributed by atoms with E-state index in [0.29, 0.717) is 17.9 Å². The van der Waals surface area contributed by atoms with Gasteiger partial charge < -0.3 is 20.9 Å². The number of likely N-dealkylation sites (N-methyl/N-ethyl adjacent to an activating group) is 1. The molecule has 1 aliphatic heterocycles. The zero-order valence-corrected chi connectivity index (χ0v) is 12.3. The van der Waals surface area contributed by atoms with Crippen LogP contribution in [0.15, 0.2) is 0 Å². The minimum absolute atomic E-state index is 0.474. The molecule has 1 aromatic rings. The van der Waals surface area contributed by atoms with Crippen molar-refractivity contribution < 1.29 is 0 Å². The zero-order valence-electron chi connectivity index (χ0n) is 12.3. The molecule has 1 fully saturated rings. The Morgan fingerprint density at radius 1 is 1.40 bits per heavy atom. The number of nitrogens with two attached hydrogens (primary N) is 1. The van der Waals surface area contributed by atoms with E-state index in [1.54, 1.807) is 4.68 Å². The molecule has 1 saturated heterocycles. The molecule has 0 aliphatic carbocycles. The standard InChI is InChI=1S/C13H23N7/c1-18(2)8-9-20-12(15)11(10-14)13(17-20)19-6-3-4-16-5-7-19/h16H,3-9,15H2,1-2H3. The molecule has 7 nitrogen and oxygen atoms in total. The van der Waals surface area contributed by atoms with E-state index < -0.39 is 0 Å². The number of hydrogen-bond acceptors (Lipinski definition) is 6. The molecule has 0 radical (unpaired) electrons. The highest BCUT2D eigenvalue weighted by molar-refractivity contribution is 5.65. The quantitative estimate of drug-likeness (QED) is 0.786. The van der Waals surface area contributed by atoms with Crippen molar-refractivity contribution in [1.82, 2.24) is 20.0 Å².